The highest BCUT2D eigenvalue weighted by Crippen LogP contribution is 2.38. The first-order valence-corrected chi connectivity index (χ1v) is 13.2. The first kappa shape index (κ1) is 24.1. The monoisotopic (exact) mass is 504 g/mol. The van der Waals surface area contributed by atoms with Gasteiger partial charge in [0.25, 0.3) is 0 Å². The van der Waals surface area contributed by atoms with E-state index in [2.05, 4.69) is 56.1 Å². The van der Waals surface area contributed by atoms with Crippen molar-refractivity contribution in [3.8, 4) is 0 Å². The molecule has 11 heteroatoms. The fourth-order valence-corrected chi connectivity index (χ4v) is 5.52. The zero-order valence-corrected chi connectivity index (χ0v) is 21.7. The maximum atomic E-state index is 5.89. The molecule has 0 aliphatic carbocycles. The molecular formula is C26H36N10O. The van der Waals surface area contributed by atoms with Gasteiger partial charge < -0.3 is 29.7 Å². The lowest BCUT2D eigenvalue weighted by atomic mass is 10.0. The predicted molar refractivity (Wildman–Crippen MR) is 147 cm³/mol. The van der Waals surface area contributed by atoms with E-state index in [9.17, 15) is 0 Å². The highest BCUT2D eigenvalue weighted by molar-refractivity contribution is 6.10. The highest BCUT2D eigenvalue weighted by atomic mass is 16.5. The van der Waals surface area contributed by atoms with Gasteiger partial charge in [0.05, 0.1) is 30.8 Å². The van der Waals surface area contributed by atoms with Crippen LogP contribution >= 0.6 is 0 Å². The third-order valence-corrected chi connectivity index (χ3v) is 7.73. The summed E-state index contributed by atoms with van der Waals surface area (Å²) in [6.45, 7) is 5.81. The van der Waals surface area contributed by atoms with Gasteiger partial charge in [-0.3, -0.25) is 10.7 Å². The molecule has 196 valence electrons. The summed E-state index contributed by atoms with van der Waals surface area (Å²) in [6, 6.07) is 4.98. The third kappa shape index (κ3) is 4.86. The molecular weight excluding hydrogens is 468 g/mol. The normalized spacial score (nSPS) is 22.3. The molecule has 2 fully saturated rings. The van der Waals surface area contributed by atoms with Gasteiger partial charge in [0.15, 0.2) is 6.29 Å². The molecule has 6 heterocycles. The van der Waals surface area contributed by atoms with Crippen molar-refractivity contribution in [2.75, 3.05) is 74.7 Å². The van der Waals surface area contributed by atoms with Crippen molar-refractivity contribution in [2.45, 2.75) is 31.6 Å². The number of morpholine rings is 1. The molecule has 0 amide bonds. The molecule has 0 aromatic carbocycles. The number of nitrogens with two attached hydrogens (primary N) is 1. The van der Waals surface area contributed by atoms with Gasteiger partial charge in [0, 0.05) is 62.3 Å². The second kappa shape index (κ2) is 10.2. The summed E-state index contributed by atoms with van der Waals surface area (Å²) in [6.07, 6.45) is 8.46. The van der Waals surface area contributed by atoms with E-state index in [1.54, 1.807) is 0 Å². The molecule has 0 saturated carbocycles. The second-order valence-corrected chi connectivity index (χ2v) is 10.2. The lowest BCUT2D eigenvalue weighted by molar-refractivity contribution is 0.122. The first-order valence-electron chi connectivity index (χ1n) is 13.2. The van der Waals surface area contributed by atoms with Gasteiger partial charge in [-0.2, -0.15) is 4.98 Å². The maximum absolute atomic E-state index is 5.89. The standard InChI is InChI=1S/C26H36N10O/c1-33(2)19-5-8-34(9-6-19)22-4-3-20(17-28-22)36-10-7-21-23(18-15-29-25(27)30-16-18)31-26(32-24(21)36)35-11-13-37-14-12-35/h3-4,15-17,19,25,29H,5-14,27H2,1-2H3. The number of hydrogen-bond donors (Lipinski definition) is 2. The van der Waals surface area contributed by atoms with Crippen LogP contribution in [0.25, 0.3) is 5.57 Å². The Morgan fingerprint density at radius 2 is 1.84 bits per heavy atom. The quantitative estimate of drug-likeness (QED) is 0.616. The van der Waals surface area contributed by atoms with E-state index < -0.39 is 6.29 Å². The molecule has 6 rings (SSSR count). The molecule has 37 heavy (non-hydrogen) atoms. The lowest BCUT2D eigenvalue weighted by Gasteiger charge is -2.36. The summed E-state index contributed by atoms with van der Waals surface area (Å²) in [5.41, 5.74) is 9.90. The van der Waals surface area contributed by atoms with Crippen LogP contribution in [0.5, 0.6) is 0 Å². The van der Waals surface area contributed by atoms with Crippen LogP contribution in [0.3, 0.4) is 0 Å². The van der Waals surface area contributed by atoms with Crippen LogP contribution in [0.15, 0.2) is 29.5 Å². The minimum absolute atomic E-state index is 0.424. The van der Waals surface area contributed by atoms with Crippen LogP contribution in [0.2, 0.25) is 0 Å². The van der Waals surface area contributed by atoms with E-state index in [-0.39, 0.29) is 0 Å². The van der Waals surface area contributed by atoms with Crippen molar-refractivity contribution in [1.29, 1.82) is 0 Å². The Morgan fingerprint density at radius 3 is 2.51 bits per heavy atom. The Hall–Kier alpha value is -3.28. The van der Waals surface area contributed by atoms with Gasteiger partial charge in [-0.1, -0.05) is 0 Å². The summed E-state index contributed by atoms with van der Waals surface area (Å²) in [5, 5.41) is 3.10. The number of piperidine rings is 1. The molecule has 2 aromatic heterocycles. The minimum atomic E-state index is -0.424. The topological polar surface area (TPSA) is 111 Å². The van der Waals surface area contributed by atoms with Gasteiger partial charge in [-0.25, -0.2) is 9.97 Å². The fraction of sp³-hybridized carbons (Fsp3) is 0.538. The van der Waals surface area contributed by atoms with Gasteiger partial charge in [-0.15, -0.1) is 0 Å². The lowest BCUT2D eigenvalue weighted by Crippen LogP contribution is -2.42. The average molecular weight is 505 g/mol. The molecule has 0 bridgehead atoms. The highest BCUT2D eigenvalue weighted by Gasteiger charge is 2.30. The third-order valence-electron chi connectivity index (χ3n) is 7.73. The number of pyridine rings is 1. The minimum Gasteiger partial charge on any atom is -0.378 e. The van der Waals surface area contributed by atoms with Gasteiger partial charge >= 0.3 is 0 Å². The molecule has 0 spiro atoms. The number of rotatable bonds is 5. The smallest absolute Gasteiger partial charge is 0.228 e. The average Bonchev–Trinajstić information content (AvgIpc) is 3.38. The number of fused-ring (bicyclic) bond motifs is 1. The largest absolute Gasteiger partial charge is 0.378 e. The number of hydrogen-bond acceptors (Lipinski definition) is 11. The van der Waals surface area contributed by atoms with Crippen molar-refractivity contribution in [3.63, 3.8) is 0 Å². The van der Waals surface area contributed by atoms with Crippen molar-refractivity contribution in [2.24, 2.45) is 10.7 Å². The van der Waals surface area contributed by atoms with Crippen molar-refractivity contribution in [1.82, 2.24) is 25.2 Å². The van der Waals surface area contributed by atoms with Gasteiger partial charge in [0.1, 0.15) is 11.6 Å². The second-order valence-electron chi connectivity index (χ2n) is 10.2. The summed E-state index contributed by atoms with van der Waals surface area (Å²) < 4.78 is 5.56. The molecule has 0 radical (unpaired) electrons. The number of aromatic nitrogens is 3. The van der Waals surface area contributed by atoms with E-state index in [0.717, 1.165) is 79.2 Å². The van der Waals surface area contributed by atoms with E-state index in [4.69, 9.17) is 25.4 Å². The number of ether oxygens (including phenoxy) is 1. The summed E-state index contributed by atoms with van der Waals surface area (Å²) >= 11 is 0. The summed E-state index contributed by atoms with van der Waals surface area (Å²) in [7, 11) is 4.34. The first-order chi connectivity index (χ1) is 18.1. The number of anilines is 4. The van der Waals surface area contributed by atoms with Crippen LogP contribution in [0.4, 0.5) is 23.3 Å². The Morgan fingerprint density at radius 1 is 1.03 bits per heavy atom. The van der Waals surface area contributed by atoms with Crippen LogP contribution in [-0.4, -0.2) is 98.4 Å². The number of nitrogens with zero attached hydrogens (tertiary/aromatic N) is 8. The summed E-state index contributed by atoms with van der Waals surface area (Å²) in [4.78, 5) is 28.5. The van der Waals surface area contributed by atoms with Crippen molar-refractivity contribution in [3.05, 3.63) is 35.8 Å². The number of aliphatic imine (C=N–C) groups is 1. The molecule has 4 aliphatic rings. The zero-order chi connectivity index (χ0) is 25.4. The van der Waals surface area contributed by atoms with Gasteiger partial charge in [-0.05, 0) is 45.5 Å². The molecule has 1 unspecified atom stereocenters. The van der Waals surface area contributed by atoms with Crippen LogP contribution in [-0.2, 0) is 11.2 Å². The van der Waals surface area contributed by atoms with E-state index >= 15 is 0 Å². The molecule has 2 aromatic rings. The van der Waals surface area contributed by atoms with E-state index in [1.165, 1.54) is 12.8 Å². The molecule has 2 saturated heterocycles. The van der Waals surface area contributed by atoms with E-state index in [0.29, 0.717) is 19.3 Å². The van der Waals surface area contributed by atoms with Crippen LogP contribution < -0.4 is 25.8 Å². The molecule has 4 aliphatic heterocycles. The SMILES string of the molecule is CN(C)C1CCN(c2ccc(N3CCc4c(C5=CNC(N)N=C5)nc(N5CCOCC5)nc43)cn2)CC1. The Balaban J connectivity index is 1.28. The Bertz CT molecular complexity index is 1170. The zero-order valence-electron chi connectivity index (χ0n) is 21.7. The van der Waals surface area contributed by atoms with Crippen LogP contribution in [0, 0.1) is 0 Å². The summed E-state index contributed by atoms with van der Waals surface area (Å²) in [5.74, 6) is 2.71. The molecule has 11 nitrogen and oxygen atoms in total. The maximum Gasteiger partial charge on any atom is 0.228 e. The number of allylic oxidation sites excluding steroid dienone is 1. The van der Waals surface area contributed by atoms with Crippen molar-refractivity contribution < 1.29 is 4.74 Å². The van der Waals surface area contributed by atoms with E-state index in [1.807, 2.05) is 18.6 Å². The van der Waals surface area contributed by atoms with Gasteiger partial charge in [0.2, 0.25) is 5.95 Å². The fourth-order valence-electron chi connectivity index (χ4n) is 5.52. The number of nitrogens with one attached hydrogen (secondary N) is 1. The predicted octanol–water partition coefficient (Wildman–Crippen LogP) is 1.19. The molecule has 3 N–H and O–H groups in total. The molecule has 1 atom stereocenters. The van der Waals surface area contributed by atoms with Crippen LogP contribution in [0.1, 0.15) is 24.1 Å². The van der Waals surface area contributed by atoms with Crippen molar-refractivity contribution >= 4 is 35.1 Å². The Kier molecular flexibility index (Phi) is 6.66. The Labute approximate surface area is 218 Å².